The van der Waals surface area contributed by atoms with Gasteiger partial charge in [0, 0.05) is 10.7 Å². The van der Waals surface area contributed by atoms with Crippen LogP contribution in [-0.4, -0.2) is 23.9 Å². The van der Waals surface area contributed by atoms with Gasteiger partial charge in [0.05, 0.1) is 10.6 Å². The lowest BCUT2D eigenvalue weighted by Crippen LogP contribution is -2.14. The number of amides is 1. The lowest BCUT2D eigenvalue weighted by atomic mass is 10.2. The van der Waals surface area contributed by atoms with E-state index >= 15 is 0 Å². The van der Waals surface area contributed by atoms with Crippen LogP contribution in [0.15, 0.2) is 17.0 Å². The van der Waals surface area contributed by atoms with Crippen LogP contribution in [0.2, 0.25) is 0 Å². The molecule has 1 amide bonds. The number of hydrogen-bond acceptors (Lipinski definition) is 6. The molecule has 0 aliphatic carbocycles. The topological polar surface area (TPSA) is 89.0 Å². The zero-order chi connectivity index (χ0) is 15.8. The molecule has 2 rings (SSSR count). The molecule has 1 aromatic heterocycles. The SMILES string of the molecule is Cc1nnsc1C(=O)Nc1c(F)cc(S(=O)(=O)Cl)cc1F. The molecule has 1 aromatic carbocycles. The van der Waals surface area contributed by atoms with Crippen LogP contribution in [0, 0.1) is 18.6 Å². The van der Waals surface area contributed by atoms with Crippen molar-refractivity contribution in [3.8, 4) is 0 Å². The quantitative estimate of drug-likeness (QED) is 0.855. The second-order valence-corrected chi connectivity index (χ2v) is 7.16. The molecule has 0 saturated heterocycles. The summed E-state index contributed by atoms with van der Waals surface area (Å²) in [4.78, 5) is 11.2. The number of nitrogens with one attached hydrogen (secondary N) is 1. The minimum Gasteiger partial charge on any atom is -0.316 e. The van der Waals surface area contributed by atoms with E-state index in [-0.39, 0.29) is 4.88 Å². The fourth-order valence-electron chi connectivity index (χ4n) is 1.42. The number of anilines is 1. The van der Waals surface area contributed by atoms with E-state index in [9.17, 15) is 22.0 Å². The fraction of sp³-hybridized carbons (Fsp3) is 0.100. The standard InChI is InChI=1S/C10H6ClF2N3O3S2/c1-4-9(20-16-15-4)10(17)14-8-6(12)2-5(3-7(8)13)21(11,18)19/h2-3H,1H3,(H,14,17). The highest BCUT2D eigenvalue weighted by molar-refractivity contribution is 8.13. The van der Waals surface area contributed by atoms with E-state index in [1.165, 1.54) is 6.92 Å². The Hall–Kier alpha value is -1.65. The number of aryl methyl sites for hydroxylation is 1. The van der Waals surface area contributed by atoms with E-state index in [1.54, 1.807) is 0 Å². The molecule has 1 N–H and O–H groups in total. The van der Waals surface area contributed by atoms with Crippen LogP contribution in [0.1, 0.15) is 15.4 Å². The first-order valence-electron chi connectivity index (χ1n) is 5.24. The number of rotatable bonds is 3. The molecule has 0 spiro atoms. The van der Waals surface area contributed by atoms with E-state index in [0.29, 0.717) is 17.8 Å². The molecule has 21 heavy (non-hydrogen) atoms. The van der Waals surface area contributed by atoms with Crippen LogP contribution < -0.4 is 5.32 Å². The molecule has 0 bridgehead atoms. The molecule has 112 valence electrons. The van der Waals surface area contributed by atoms with Gasteiger partial charge in [-0.1, -0.05) is 4.49 Å². The van der Waals surface area contributed by atoms with Gasteiger partial charge in [-0.15, -0.1) is 5.10 Å². The summed E-state index contributed by atoms with van der Waals surface area (Å²) in [5.74, 6) is -3.34. The minimum atomic E-state index is -4.28. The third-order valence-corrected chi connectivity index (χ3v) is 4.55. The molecular formula is C10H6ClF2N3O3S2. The normalized spacial score (nSPS) is 11.4. The van der Waals surface area contributed by atoms with Gasteiger partial charge in [-0.3, -0.25) is 4.79 Å². The van der Waals surface area contributed by atoms with Crippen molar-refractivity contribution in [3.05, 3.63) is 34.3 Å². The first kappa shape index (κ1) is 15.7. The van der Waals surface area contributed by atoms with Gasteiger partial charge in [-0.25, -0.2) is 17.2 Å². The number of halogens is 3. The molecule has 0 aliphatic heterocycles. The molecular weight excluding hydrogens is 348 g/mol. The Bertz CT molecular complexity index is 800. The van der Waals surface area contributed by atoms with Crippen LogP contribution in [0.3, 0.4) is 0 Å². The van der Waals surface area contributed by atoms with Crippen molar-refractivity contribution in [3.63, 3.8) is 0 Å². The molecule has 1 heterocycles. The van der Waals surface area contributed by atoms with Crippen LogP contribution in [-0.2, 0) is 9.05 Å². The number of benzene rings is 1. The average molecular weight is 354 g/mol. The van der Waals surface area contributed by atoms with Gasteiger partial charge < -0.3 is 5.32 Å². The van der Waals surface area contributed by atoms with Gasteiger partial charge >= 0.3 is 0 Å². The van der Waals surface area contributed by atoms with E-state index < -0.39 is 37.2 Å². The average Bonchev–Trinajstić information content (AvgIpc) is 2.78. The Labute approximate surface area is 126 Å². The van der Waals surface area contributed by atoms with Gasteiger partial charge in [0.15, 0.2) is 11.6 Å². The predicted molar refractivity (Wildman–Crippen MR) is 72.0 cm³/mol. The van der Waals surface area contributed by atoms with E-state index in [4.69, 9.17) is 10.7 Å². The van der Waals surface area contributed by atoms with Crippen molar-refractivity contribution in [2.24, 2.45) is 0 Å². The second kappa shape index (κ2) is 5.62. The number of carbonyl (C=O) groups is 1. The first-order chi connectivity index (χ1) is 9.70. The Morgan fingerprint density at radius 2 is 1.90 bits per heavy atom. The van der Waals surface area contributed by atoms with Crippen molar-refractivity contribution in [1.29, 1.82) is 0 Å². The first-order valence-corrected chi connectivity index (χ1v) is 8.32. The molecule has 0 fully saturated rings. The summed E-state index contributed by atoms with van der Waals surface area (Å²) >= 11 is 0.761. The van der Waals surface area contributed by atoms with Gasteiger partial charge in [-0.2, -0.15) is 0 Å². The minimum absolute atomic E-state index is 0.0860. The van der Waals surface area contributed by atoms with Crippen LogP contribution in [0.4, 0.5) is 14.5 Å². The van der Waals surface area contributed by atoms with Crippen molar-refractivity contribution < 1.29 is 22.0 Å². The number of nitrogens with zero attached hydrogens (tertiary/aromatic N) is 2. The Morgan fingerprint density at radius 3 is 2.33 bits per heavy atom. The van der Waals surface area contributed by atoms with Crippen LogP contribution in [0.25, 0.3) is 0 Å². The maximum Gasteiger partial charge on any atom is 0.269 e. The van der Waals surface area contributed by atoms with Crippen molar-refractivity contribution in [2.75, 3.05) is 5.32 Å². The summed E-state index contributed by atoms with van der Waals surface area (Å²) < 4.78 is 53.1. The lowest BCUT2D eigenvalue weighted by molar-refractivity contribution is 0.102. The summed E-state index contributed by atoms with van der Waals surface area (Å²) in [6.45, 7) is 1.51. The Balaban J connectivity index is 2.38. The number of aromatic nitrogens is 2. The summed E-state index contributed by atoms with van der Waals surface area (Å²) in [5, 5.41) is 5.60. The predicted octanol–water partition coefficient (Wildman–Crippen LogP) is 2.30. The number of hydrogen-bond donors (Lipinski definition) is 1. The van der Waals surface area contributed by atoms with Crippen LogP contribution >= 0.6 is 22.2 Å². The van der Waals surface area contributed by atoms with E-state index in [1.807, 2.05) is 5.32 Å². The third-order valence-electron chi connectivity index (χ3n) is 2.39. The smallest absolute Gasteiger partial charge is 0.269 e. The highest BCUT2D eigenvalue weighted by Gasteiger charge is 2.21. The van der Waals surface area contributed by atoms with Crippen molar-refractivity contribution >= 4 is 42.9 Å². The summed E-state index contributed by atoms with van der Waals surface area (Å²) in [6.07, 6.45) is 0. The molecule has 0 saturated carbocycles. The monoisotopic (exact) mass is 353 g/mol. The third kappa shape index (κ3) is 3.34. The van der Waals surface area contributed by atoms with Gasteiger partial charge in [0.2, 0.25) is 0 Å². The molecule has 0 radical (unpaired) electrons. The Kier molecular flexibility index (Phi) is 4.21. The lowest BCUT2D eigenvalue weighted by Gasteiger charge is -2.08. The largest absolute Gasteiger partial charge is 0.316 e. The van der Waals surface area contributed by atoms with Crippen molar-refractivity contribution in [2.45, 2.75) is 11.8 Å². The maximum absolute atomic E-state index is 13.7. The summed E-state index contributed by atoms with van der Waals surface area (Å²) in [5.41, 5.74) is -0.477. The van der Waals surface area contributed by atoms with E-state index in [2.05, 4.69) is 9.59 Å². The maximum atomic E-state index is 13.7. The zero-order valence-corrected chi connectivity index (χ0v) is 12.6. The molecule has 0 unspecified atom stereocenters. The molecule has 11 heteroatoms. The molecule has 0 aliphatic rings. The second-order valence-electron chi connectivity index (χ2n) is 3.84. The van der Waals surface area contributed by atoms with Crippen LogP contribution in [0.5, 0.6) is 0 Å². The molecule has 2 aromatic rings. The zero-order valence-electron chi connectivity index (χ0n) is 10.2. The Morgan fingerprint density at radius 1 is 1.33 bits per heavy atom. The number of carbonyl (C=O) groups excluding carboxylic acids is 1. The highest BCUT2D eigenvalue weighted by Crippen LogP contribution is 2.26. The van der Waals surface area contributed by atoms with Gasteiger partial charge in [0.25, 0.3) is 15.0 Å². The van der Waals surface area contributed by atoms with E-state index in [0.717, 1.165) is 11.5 Å². The van der Waals surface area contributed by atoms with Gasteiger partial charge in [0.1, 0.15) is 10.6 Å². The molecule has 0 atom stereocenters. The fourth-order valence-corrected chi connectivity index (χ4v) is 2.73. The van der Waals surface area contributed by atoms with Gasteiger partial charge in [-0.05, 0) is 30.6 Å². The molecule has 6 nitrogen and oxygen atoms in total. The summed E-state index contributed by atoms with van der Waals surface area (Å²) in [6, 6.07) is 1.03. The highest BCUT2D eigenvalue weighted by atomic mass is 35.7. The summed E-state index contributed by atoms with van der Waals surface area (Å²) in [7, 11) is 0.718. The van der Waals surface area contributed by atoms with Crippen molar-refractivity contribution in [1.82, 2.24) is 9.59 Å².